The maximum Gasteiger partial charge on any atom is 0.256 e. The van der Waals surface area contributed by atoms with Crippen LogP contribution in [-0.2, 0) is 9.59 Å². The number of rotatable bonds is 7. The first-order chi connectivity index (χ1) is 7.70. The summed E-state index contributed by atoms with van der Waals surface area (Å²) in [5.74, 6) is -0.223. The molecular formula is C13H21NO2. The number of carbonyl (C=O) groups excluding carboxylic acids is 2. The maximum atomic E-state index is 11.7. The molecule has 3 heteroatoms. The van der Waals surface area contributed by atoms with E-state index in [0.29, 0.717) is 12.1 Å². The Labute approximate surface area is 97.5 Å². The van der Waals surface area contributed by atoms with Crippen molar-refractivity contribution in [3.63, 3.8) is 0 Å². The molecule has 2 amide bonds. The van der Waals surface area contributed by atoms with Crippen LogP contribution in [0.1, 0.15) is 52.4 Å². The fourth-order valence-corrected chi connectivity index (χ4v) is 1.96. The van der Waals surface area contributed by atoms with Gasteiger partial charge in [-0.3, -0.25) is 14.5 Å². The molecule has 1 aliphatic heterocycles. The van der Waals surface area contributed by atoms with Gasteiger partial charge in [0.25, 0.3) is 11.8 Å². The number of hydrogen-bond acceptors (Lipinski definition) is 2. The summed E-state index contributed by atoms with van der Waals surface area (Å²) in [5, 5.41) is 0. The molecule has 0 fully saturated rings. The molecule has 0 saturated heterocycles. The van der Waals surface area contributed by atoms with Gasteiger partial charge >= 0.3 is 0 Å². The Balaban J connectivity index is 2.30. The van der Waals surface area contributed by atoms with E-state index < -0.39 is 0 Å². The summed E-state index contributed by atoms with van der Waals surface area (Å²) in [6.45, 7) is 4.49. The predicted molar refractivity (Wildman–Crippen MR) is 63.9 cm³/mol. The fourth-order valence-electron chi connectivity index (χ4n) is 1.96. The molecule has 0 aliphatic carbocycles. The fraction of sp³-hybridized carbons (Fsp3) is 0.692. The maximum absolute atomic E-state index is 11.7. The third kappa shape index (κ3) is 3.19. The Hall–Kier alpha value is -1.12. The summed E-state index contributed by atoms with van der Waals surface area (Å²) in [4.78, 5) is 24.4. The molecule has 0 aromatic rings. The van der Waals surface area contributed by atoms with Gasteiger partial charge in [-0.05, 0) is 19.8 Å². The summed E-state index contributed by atoms with van der Waals surface area (Å²) in [7, 11) is 0. The summed E-state index contributed by atoms with van der Waals surface area (Å²) >= 11 is 0. The van der Waals surface area contributed by atoms with Crippen molar-refractivity contribution in [1.29, 1.82) is 0 Å². The molecule has 1 rings (SSSR count). The van der Waals surface area contributed by atoms with Crippen molar-refractivity contribution in [3.8, 4) is 0 Å². The SMILES string of the molecule is CCCCCCCC1=CC(=O)N(CC)C1=O. The van der Waals surface area contributed by atoms with Crippen LogP contribution < -0.4 is 0 Å². The number of hydrogen-bond donors (Lipinski definition) is 0. The van der Waals surface area contributed by atoms with Crippen molar-refractivity contribution in [3.05, 3.63) is 11.6 Å². The minimum atomic E-state index is -0.143. The molecule has 0 radical (unpaired) electrons. The van der Waals surface area contributed by atoms with Gasteiger partial charge in [0.1, 0.15) is 0 Å². The van der Waals surface area contributed by atoms with Gasteiger partial charge in [0.05, 0.1) is 0 Å². The number of amides is 2. The Bertz CT molecular complexity index is 294. The lowest BCUT2D eigenvalue weighted by Gasteiger charge is -2.11. The van der Waals surface area contributed by atoms with Crippen LogP contribution in [-0.4, -0.2) is 23.3 Å². The summed E-state index contributed by atoms with van der Waals surface area (Å²) in [5.41, 5.74) is 0.698. The Morgan fingerprint density at radius 1 is 1.06 bits per heavy atom. The van der Waals surface area contributed by atoms with Gasteiger partial charge in [-0.15, -0.1) is 0 Å². The van der Waals surface area contributed by atoms with E-state index >= 15 is 0 Å². The van der Waals surface area contributed by atoms with Crippen LogP contribution in [0.15, 0.2) is 11.6 Å². The first-order valence-corrected chi connectivity index (χ1v) is 6.27. The molecule has 1 heterocycles. The van der Waals surface area contributed by atoms with Gasteiger partial charge in [0.15, 0.2) is 0 Å². The predicted octanol–water partition coefficient (Wildman–Crippen LogP) is 2.66. The molecule has 0 saturated carbocycles. The second kappa shape index (κ2) is 6.46. The lowest BCUT2D eigenvalue weighted by atomic mass is 10.1. The molecule has 90 valence electrons. The highest BCUT2D eigenvalue weighted by atomic mass is 16.2. The van der Waals surface area contributed by atoms with Crippen LogP contribution >= 0.6 is 0 Å². The second-order valence-electron chi connectivity index (χ2n) is 4.22. The Morgan fingerprint density at radius 2 is 1.75 bits per heavy atom. The molecule has 0 aromatic carbocycles. The van der Waals surface area contributed by atoms with Crippen LogP contribution in [0.2, 0.25) is 0 Å². The van der Waals surface area contributed by atoms with E-state index in [1.54, 1.807) is 0 Å². The van der Waals surface area contributed by atoms with Crippen molar-refractivity contribution >= 4 is 11.8 Å². The summed E-state index contributed by atoms with van der Waals surface area (Å²) in [6, 6.07) is 0. The van der Waals surface area contributed by atoms with Crippen molar-refractivity contribution < 1.29 is 9.59 Å². The lowest BCUT2D eigenvalue weighted by molar-refractivity contribution is -0.136. The molecule has 1 aliphatic rings. The van der Waals surface area contributed by atoms with Crippen LogP contribution in [0.3, 0.4) is 0 Å². The van der Waals surface area contributed by atoms with Gasteiger partial charge in [-0.1, -0.05) is 32.6 Å². The largest absolute Gasteiger partial charge is 0.275 e. The number of carbonyl (C=O) groups is 2. The third-order valence-corrected chi connectivity index (χ3v) is 2.95. The van der Waals surface area contributed by atoms with Crippen molar-refractivity contribution in [2.45, 2.75) is 52.4 Å². The van der Waals surface area contributed by atoms with Gasteiger partial charge in [0.2, 0.25) is 0 Å². The topological polar surface area (TPSA) is 37.4 Å². The normalized spacial score (nSPS) is 15.9. The van der Waals surface area contributed by atoms with E-state index in [1.165, 1.54) is 30.2 Å². The first kappa shape index (κ1) is 12.9. The smallest absolute Gasteiger partial charge is 0.256 e. The first-order valence-electron chi connectivity index (χ1n) is 6.27. The van der Waals surface area contributed by atoms with E-state index in [-0.39, 0.29) is 11.8 Å². The van der Waals surface area contributed by atoms with Gasteiger partial charge in [0, 0.05) is 18.2 Å². The Kier molecular flexibility index (Phi) is 5.23. The molecule has 0 aromatic heterocycles. The van der Waals surface area contributed by atoms with Crippen LogP contribution in [0.5, 0.6) is 0 Å². The minimum Gasteiger partial charge on any atom is -0.275 e. The highest BCUT2D eigenvalue weighted by Crippen LogP contribution is 2.19. The zero-order chi connectivity index (χ0) is 12.0. The molecule has 16 heavy (non-hydrogen) atoms. The zero-order valence-electron chi connectivity index (χ0n) is 10.3. The van der Waals surface area contributed by atoms with Gasteiger partial charge < -0.3 is 0 Å². The van der Waals surface area contributed by atoms with Gasteiger partial charge in [-0.2, -0.15) is 0 Å². The minimum absolute atomic E-state index is 0.0806. The number of nitrogens with zero attached hydrogens (tertiary/aromatic N) is 1. The van der Waals surface area contributed by atoms with Crippen LogP contribution in [0, 0.1) is 0 Å². The van der Waals surface area contributed by atoms with Crippen molar-refractivity contribution in [2.75, 3.05) is 6.54 Å². The van der Waals surface area contributed by atoms with E-state index in [4.69, 9.17) is 0 Å². The van der Waals surface area contributed by atoms with Crippen molar-refractivity contribution in [2.24, 2.45) is 0 Å². The lowest BCUT2D eigenvalue weighted by Crippen LogP contribution is -2.30. The van der Waals surface area contributed by atoms with Crippen molar-refractivity contribution in [1.82, 2.24) is 4.90 Å². The number of imide groups is 1. The standard InChI is InChI=1S/C13H21NO2/c1-3-5-6-7-8-9-11-10-12(15)14(4-2)13(11)16/h10H,3-9H2,1-2H3. The number of likely N-dealkylation sites (N-methyl/N-ethyl adjacent to an activating group) is 1. The van der Waals surface area contributed by atoms with E-state index in [0.717, 1.165) is 19.3 Å². The highest BCUT2D eigenvalue weighted by molar-refractivity contribution is 6.16. The van der Waals surface area contributed by atoms with Gasteiger partial charge in [-0.25, -0.2) is 0 Å². The Morgan fingerprint density at radius 3 is 2.31 bits per heavy atom. The zero-order valence-corrected chi connectivity index (χ0v) is 10.3. The highest BCUT2D eigenvalue weighted by Gasteiger charge is 2.28. The molecule has 0 atom stereocenters. The summed E-state index contributed by atoms with van der Waals surface area (Å²) in [6.07, 6.45) is 8.14. The molecule has 3 nitrogen and oxygen atoms in total. The molecule has 0 bridgehead atoms. The van der Waals surface area contributed by atoms with E-state index in [2.05, 4.69) is 6.92 Å². The quantitative estimate of drug-likeness (QED) is 0.491. The molecule has 0 unspecified atom stereocenters. The average Bonchev–Trinajstić information content (AvgIpc) is 2.53. The second-order valence-corrected chi connectivity index (χ2v) is 4.22. The van der Waals surface area contributed by atoms with Crippen LogP contribution in [0.4, 0.5) is 0 Å². The third-order valence-electron chi connectivity index (χ3n) is 2.95. The molecular weight excluding hydrogens is 202 g/mol. The number of unbranched alkanes of at least 4 members (excludes halogenated alkanes) is 4. The van der Waals surface area contributed by atoms with Crippen LogP contribution in [0.25, 0.3) is 0 Å². The van der Waals surface area contributed by atoms with E-state index in [9.17, 15) is 9.59 Å². The average molecular weight is 223 g/mol. The molecule has 0 spiro atoms. The summed E-state index contributed by atoms with van der Waals surface area (Å²) < 4.78 is 0. The molecule has 0 N–H and O–H groups in total. The van der Waals surface area contributed by atoms with E-state index in [1.807, 2.05) is 6.92 Å². The monoisotopic (exact) mass is 223 g/mol.